The molecule has 0 aliphatic carbocycles. The maximum Gasteiger partial charge on any atom is 0.293 e. The summed E-state index contributed by atoms with van der Waals surface area (Å²) in [5, 5.41) is 27.7. The van der Waals surface area contributed by atoms with Crippen LogP contribution in [0.4, 0.5) is 5.82 Å². The zero-order valence-corrected chi connectivity index (χ0v) is 17.4. The molecule has 0 radical (unpaired) electrons. The largest absolute Gasteiger partial charge is 0.378 e. The van der Waals surface area contributed by atoms with Crippen molar-refractivity contribution in [3.8, 4) is 5.82 Å². The summed E-state index contributed by atoms with van der Waals surface area (Å²) in [5.41, 5.74) is 8.72. The van der Waals surface area contributed by atoms with Crippen LogP contribution in [0.15, 0.2) is 33.3 Å². The van der Waals surface area contributed by atoms with Crippen LogP contribution in [0.5, 0.6) is 0 Å². The second-order valence-corrected chi connectivity index (χ2v) is 8.19. The number of thiophene rings is 1. The number of nitrogens with zero attached hydrogens (tertiary/aromatic N) is 9. The van der Waals surface area contributed by atoms with Crippen molar-refractivity contribution in [2.45, 2.75) is 17.8 Å². The number of aryl methyl sites for hydroxylation is 2. The highest BCUT2D eigenvalue weighted by atomic mass is 32.2. The Morgan fingerprint density at radius 2 is 2.27 bits per heavy atom. The third kappa shape index (κ3) is 4.06. The lowest BCUT2D eigenvalue weighted by molar-refractivity contribution is 0.0949. The first-order valence-corrected chi connectivity index (χ1v) is 10.2. The van der Waals surface area contributed by atoms with Crippen LogP contribution in [0.1, 0.15) is 25.9 Å². The number of aromatic nitrogens is 8. The van der Waals surface area contributed by atoms with Gasteiger partial charge in [-0.1, -0.05) is 17.0 Å². The van der Waals surface area contributed by atoms with E-state index in [1.807, 2.05) is 26.1 Å². The molecule has 4 rings (SSSR count). The number of nitrogens with two attached hydrogens (primary N) is 1. The minimum Gasteiger partial charge on any atom is -0.378 e. The molecule has 30 heavy (non-hydrogen) atoms. The van der Waals surface area contributed by atoms with Gasteiger partial charge in [0, 0.05) is 22.6 Å². The number of amides is 1. The molecule has 0 bridgehead atoms. The van der Waals surface area contributed by atoms with E-state index in [-0.39, 0.29) is 23.1 Å². The first-order valence-electron chi connectivity index (χ1n) is 8.42. The second-order valence-electron chi connectivity index (χ2n) is 5.93. The molecule has 0 unspecified atom stereocenters. The first kappa shape index (κ1) is 19.7. The fourth-order valence-corrected chi connectivity index (χ4v) is 4.01. The van der Waals surface area contributed by atoms with Crippen molar-refractivity contribution in [3.63, 3.8) is 0 Å². The SMILES string of the molecule is Cc1ccc(/C=N\NC(=O)c2nnn(-c3nonc3N)c2CSc2nncn2C)s1. The van der Waals surface area contributed by atoms with Crippen LogP contribution in [-0.4, -0.2) is 52.2 Å². The molecule has 154 valence electrons. The first-order chi connectivity index (χ1) is 14.5. The van der Waals surface area contributed by atoms with Gasteiger partial charge in [0.25, 0.3) is 5.91 Å². The Bertz CT molecular complexity index is 1200. The predicted octanol–water partition coefficient (Wildman–Crippen LogP) is 0.787. The zero-order chi connectivity index (χ0) is 21.1. The van der Waals surface area contributed by atoms with E-state index in [1.54, 1.807) is 28.4 Å². The van der Waals surface area contributed by atoms with Gasteiger partial charge in [-0.15, -0.1) is 26.6 Å². The molecule has 1 amide bonds. The number of carbonyl (C=O) groups is 1. The van der Waals surface area contributed by atoms with Gasteiger partial charge in [0.15, 0.2) is 10.9 Å². The van der Waals surface area contributed by atoms with Gasteiger partial charge in [0.1, 0.15) is 6.33 Å². The van der Waals surface area contributed by atoms with E-state index in [4.69, 9.17) is 5.73 Å². The second kappa shape index (κ2) is 8.42. The Hall–Kier alpha value is -3.59. The summed E-state index contributed by atoms with van der Waals surface area (Å²) in [6.07, 6.45) is 3.14. The number of hydrogen-bond donors (Lipinski definition) is 2. The average Bonchev–Trinajstić information content (AvgIpc) is 3.49. The van der Waals surface area contributed by atoms with Gasteiger partial charge in [-0.2, -0.15) is 9.78 Å². The van der Waals surface area contributed by atoms with Gasteiger partial charge in [-0.05, 0) is 29.4 Å². The molecule has 0 saturated carbocycles. The standard InChI is InChI=1S/C15H15N11O2S2/c1-8-3-4-9(30-8)5-17-20-14(27)11-10(6-29-15-21-18-7-25(15)2)26(24-19-11)13-12(16)22-28-23-13/h3-5,7H,6H2,1-2H3,(H2,16,22)(H,20,27)/b17-5-. The van der Waals surface area contributed by atoms with E-state index in [0.29, 0.717) is 10.9 Å². The highest BCUT2D eigenvalue weighted by Gasteiger charge is 2.24. The molecule has 15 heteroatoms. The Morgan fingerprint density at radius 1 is 1.40 bits per heavy atom. The average molecular weight is 445 g/mol. The van der Waals surface area contributed by atoms with E-state index in [9.17, 15) is 4.79 Å². The van der Waals surface area contributed by atoms with E-state index < -0.39 is 5.91 Å². The van der Waals surface area contributed by atoms with E-state index in [0.717, 1.165) is 9.75 Å². The van der Waals surface area contributed by atoms with Crippen LogP contribution in [0, 0.1) is 6.92 Å². The third-order valence-corrected chi connectivity index (χ3v) is 5.78. The van der Waals surface area contributed by atoms with Crippen molar-refractivity contribution >= 4 is 41.0 Å². The van der Waals surface area contributed by atoms with Crippen LogP contribution < -0.4 is 11.2 Å². The minimum absolute atomic E-state index is 0.0165. The molecule has 0 atom stereocenters. The quantitative estimate of drug-likeness (QED) is 0.236. The molecule has 4 aromatic rings. The molecule has 0 aliphatic rings. The summed E-state index contributed by atoms with van der Waals surface area (Å²) < 4.78 is 7.69. The van der Waals surface area contributed by atoms with Gasteiger partial charge < -0.3 is 10.3 Å². The number of rotatable bonds is 7. The normalized spacial score (nSPS) is 11.4. The highest BCUT2D eigenvalue weighted by Crippen LogP contribution is 2.24. The van der Waals surface area contributed by atoms with Crippen molar-refractivity contribution in [2.24, 2.45) is 12.1 Å². The third-order valence-electron chi connectivity index (χ3n) is 3.80. The minimum atomic E-state index is -0.533. The molecule has 13 nitrogen and oxygen atoms in total. The molecule has 0 aromatic carbocycles. The van der Waals surface area contributed by atoms with Gasteiger partial charge >= 0.3 is 0 Å². The number of hydrogen-bond acceptors (Lipinski definition) is 12. The number of thioether (sulfide) groups is 1. The number of nitrogens with one attached hydrogen (secondary N) is 1. The van der Waals surface area contributed by atoms with Crippen LogP contribution in [0.2, 0.25) is 0 Å². The summed E-state index contributed by atoms with van der Waals surface area (Å²) in [5.74, 6) is -0.104. The number of nitrogen functional groups attached to an aromatic ring is 1. The summed E-state index contributed by atoms with van der Waals surface area (Å²) in [6, 6.07) is 3.88. The van der Waals surface area contributed by atoms with Crippen molar-refractivity contribution in [1.29, 1.82) is 0 Å². The maximum absolute atomic E-state index is 12.7. The van der Waals surface area contributed by atoms with Gasteiger partial charge in [-0.3, -0.25) is 4.79 Å². The van der Waals surface area contributed by atoms with Crippen LogP contribution in [-0.2, 0) is 12.8 Å². The maximum atomic E-state index is 12.7. The highest BCUT2D eigenvalue weighted by molar-refractivity contribution is 7.98. The van der Waals surface area contributed by atoms with E-state index >= 15 is 0 Å². The monoisotopic (exact) mass is 445 g/mol. The van der Waals surface area contributed by atoms with Crippen molar-refractivity contribution in [3.05, 3.63) is 39.6 Å². The molecule has 4 aromatic heterocycles. The smallest absolute Gasteiger partial charge is 0.293 e. The molecular formula is C15H15N11O2S2. The molecule has 0 fully saturated rings. The van der Waals surface area contributed by atoms with E-state index in [1.165, 1.54) is 16.4 Å². The lowest BCUT2D eigenvalue weighted by Crippen LogP contribution is -2.20. The van der Waals surface area contributed by atoms with Gasteiger partial charge in [0.2, 0.25) is 11.6 Å². The molecule has 0 spiro atoms. The lowest BCUT2D eigenvalue weighted by atomic mass is 10.3. The summed E-state index contributed by atoms with van der Waals surface area (Å²) in [6.45, 7) is 1.99. The van der Waals surface area contributed by atoms with Crippen LogP contribution in [0.3, 0.4) is 0 Å². The van der Waals surface area contributed by atoms with E-state index in [2.05, 4.69) is 46.0 Å². The molecular weight excluding hydrogens is 430 g/mol. The fourth-order valence-electron chi connectivity index (χ4n) is 2.38. The number of anilines is 1. The van der Waals surface area contributed by atoms with Crippen molar-refractivity contribution < 1.29 is 9.42 Å². The molecule has 3 N–H and O–H groups in total. The molecule has 0 aliphatic heterocycles. The van der Waals surface area contributed by atoms with Gasteiger partial charge in [-0.25, -0.2) is 10.1 Å². The summed E-state index contributed by atoms with van der Waals surface area (Å²) in [4.78, 5) is 14.7. The Labute approximate surface area is 177 Å². The fraction of sp³-hybridized carbons (Fsp3) is 0.200. The number of carbonyl (C=O) groups excluding carboxylic acids is 1. The Kier molecular flexibility index (Phi) is 5.53. The summed E-state index contributed by atoms with van der Waals surface area (Å²) >= 11 is 2.90. The Morgan fingerprint density at radius 3 is 2.93 bits per heavy atom. The zero-order valence-electron chi connectivity index (χ0n) is 15.8. The topological polar surface area (TPSA) is 168 Å². The lowest BCUT2D eigenvalue weighted by Gasteiger charge is -2.05. The molecule has 4 heterocycles. The van der Waals surface area contributed by atoms with Crippen LogP contribution in [0.25, 0.3) is 5.82 Å². The van der Waals surface area contributed by atoms with Gasteiger partial charge in [0.05, 0.1) is 11.9 Å². The predicted molar refractivity (Wildman–Crippen MR) is 108 cm³/mol. The van der Waals surface area contributed by atoms with Crippen LogP contribution >= 0.6 is 23.1 Å². The number of hydrazone groups is 1. The van der Waals surface area contributed by atoms with Crippen molar-refractivity contribution in [1.82, 2.24) is 45.5 Å². The molecule has 0 saturated heterocycles. The van der Waals surface area contributed by atoms with Crippen molar-refractivity contribution in [2.75, 3.05) is 5.73 Å². The Balaban J connectivity index is 1.59. The summed E-state index contributed by atoms with van der Waals surface area (Å²) in [7, 11) is 1.81.